The summed E-state index contributed by atoms with van der Waals surface area (Å²) < 4.78 is 41.6. The number of fused-ring (bicyclic) bond motifs is 1. The Balaban J connectivity index is 1.79. The molecule has 1 N–H and O–H groups in total. The van der Waals surface area contributed by atoms with Gasteiger partial charge in [0, 0.05) is 11.5 Å². The summed E-state index contributed by atoms with van der Waals surface area (Å²) >= 11 is 0. The predicted octanol–water partition coefficient (Wildman–Crippen LogP) is 3.34. The Morgan fingerprint density at radius 1 is 1.37 bits per heavy atom. The highest BCUT2D eigenvalue weighted by atomic mass is 19.4. The fourth-order valence-electron chi connectivity index (χ4n) is 2.45. The molecule has 0 spiro atoms. The van der Waals surface area contributed by atoms with Crippen LogP contribution >= 0.6 is 0 Å². The van der Waals surface area contributed by atoms with E-state index in [0.717, 1.165) is 12.2 Å². The van der Waals surface area contributed by atoms with Crippen molar-refractivity contribution < 1.29 is 17.9 Å². The Bertz CT molecular complexity index is 419. The second-order valence-corrected chi connectivity index (χ2v) is 5.13. The molecule has 1 aliphatic heterocycles. The van der Waals surface area contributed by atoms with Crippen LogP contribution in [0, 0.1) is 5.92 Å². The molecular formula is C14H18F3NO. The Hall–Kier alpha value is -1.23. The Morgan fingerprint density at radius 3 is 2.84 bits per heavy atom. The van der Waals surface area contributed by atoms with Crippen LogP contribution in [0.25, 0.3) is 0 Å². The third kappa shape index (κ3) is 4.13. The first kappa shape index (κ1) is 14.2. The van der Waals surface area contributed by atoms with E-state index in [1.807, 2.05) is 31.2 Å². The van der Waals surface area contributed by atoms with Gasteiger partial charge in [0.1, 0.15) is 5.75 Å². The molecule has 0 saturated heterocycles. The minimum absolute atomic E-state index is 0.183. The monoisotopic (exact) mass is 273 g/mol. The number of alkyl halides is 3. The molecule has 0 aliphatic carbocycles. The van der Waals surface area contributed by atoms with Crippen molar-refractivity contribution in [1.82, 2.24) is 5.32 Å². The number of nitrogens with one attached hydrogen (secondary N) is 1. The second kappa shape index (κ2) is 5.82. The lowest BCUT2D eigenvalue weighted by Crippen LogP contribution is -2.32. The van der Waals surface area contributed by atoms with Crippen LogP contribution in [0.4, 0.5) is 13.2 Å². The van der Waals surface area contributed by atoms with Crippen molar-refractivity contribution in [2.24, 2.45) is 5.92 Å². The summed E-state index contributed by atoms with van der Waals surface area (Å²) in [6.07, 6.45) is -3.30. The molecule has 0 bridgehead atoms. The molecule has 0 fully saturated rings. The van der Waals surface area contributed by atoms with E-state index in [2.05, 4.69) is 5.32 Å². The van der Waals surface area contributed by atoms with Crippen LogP contribution in [0.3, 0.4) is 0 Å². The number of hydrogen-bond donors (Lipinski definition) is 1. The van der Waals surface area contributed by atoms with E-state index < -0.39 is 12.7 Å². The van der Waals surface area contributed by atoms with E-state index in [1.165, 1.54) is 5.56 Å². The van der Waals surface area contributed by atoms with Gasteiger partial charge in [-0.15, -0.1) is 0 Å². The van der Waals surface area contributed by atoms with Gasteiger partial charge >= 0.3 is 6.18 Å². The topological polar surface area (TPSA) is 21.3 Å². The van der Waals surface area contributed by atoms with Crippen molar-refractivity contribution in [2.45, 2.75) is 25.4 Å². The quantitative estimate of drug-likeness (QED) is 0.888. The summed E-state index contributed by atoms with van der Waals surface area (Å²) in [5, 5.41) is 2.46. The van der Waals surface area contributed by atoms with Crippen molar-refractivity contribution >= 4 is 0 Å². The lowest BCUT2D eigenvalue weighted by Gasteiger charge is -2.17. The van der Waals surface area contributed by atoms with Crippen molar-refractivity contribution in [3.8, 4) is 5.75 Å². The molecule has 0 amide bonds. The van der Waals surface area contributed by atoms with Gasteiger partial charge in [-0.05, 0) is 24.9 Å². The molecule has 1 aromatic rings. The van der Waals surface area contributed by atoms with Crippen LogP contribution in [0.1, 0.15) is 24.8 Å². The molecule has 0 aromatic heterocycles. The minimum Gasteiger partial charge on any atom is -0.493 e. The van der Waals surface area contributed by atoms with E-state index in [-0.39, 0.29) is 5.92 Å². The minimum atomic E-state index is -4.14. The standard InChI is InChI=1S/C14H18F3NO/c1-10(7-18-9-14(15,16)17)6-11-8-19-13-5-3-2-4-12(11)13/h2-5,10-11,18H,6-9H2,1H3. The van der Waals surface area contributed by atoms with E-state index >= 15 is 0 Å². The van der Waals surface area contributed by atoms with E-state index in [1.54, 1.807) is 0 Å². The molecule has 2 atom stereocenters. The summed E-state index contributed by atoms with van der Waals surface area (Å²) in [6.45, 7) is 2.04. The van der Waals surface area contributed by atoms with Crippen molar-refractivity contribution in [2.75, 3.05) is 19.7 Å². The Labute approximate surface area is 111 Å². The van der Waals surface area contributed by atoms with Gasteiger partial charge in [-0.3, -0.25) is 0 Å². The highest BCUT2D eigenvalue weighted by molar-refractivity contribution is 5.39. The zero-order chi connectivity index (χ0) is 13.9. The molecule has 0 radical (unpaired) electrons. The lowest BCUT2D eigenvalue weighted by molar-refractivity contribution is -0.125. The van der Waals surface area contributed by atoms with E-state index in [0.29, 0.717) is 19.1 Å². The second-order valence-electron chi connectivity index (χ2n) is 5.13. The smallest absolute Gasteiger partial charge is 0.401 e. The number of para-hydroxylation sites is 1. The van der Waals surface area contributed by atoms with Crippen molar-refractivity contribution in [3.63, 3.8) is 0 Å². The van der Waals surface area contributed by atoms with Crippen LogP contribution in [-0.2, 0) is 0 Å². The molecule has 1 aliphatic rings. The van der Waals surface area contributed by atoms with E-state index in [4.69, 9.17) is 4.74 Å². The summed E-state index contributed by atoms with van der Waals surface area (Å²) in [5.41, 5.74) is 1.17. The van der Waals surface area contributed by atoms with Crippen molar-refractivity contribution in [1.29, 1.82) is 0 Å². The van der Waals surface area contributed by atoms with Crippen LogP contribution < -0.4 is 10.1 Å². The molecule has 106 valence electrons. The van der Waals surface area contributed by atoms with E-state index in [9.17, 15) is 13.2 Å². The highest BCUT2D eigenvalue weighted by Crippen LogP contribution is 2.36. The normalized spacial score (nSPS) is 19.9. The van der Waals surface area contributed by atoms with Crippen molar-refractivity contribution in [3.05, 3.63) is 29.8 Å². The van der Waals surface area contributed by atoms with Gasteiger partial charge in [-0.1, -0.05) is 25.1 Å². The zero-order valence-electron chi connectivity index (χ0n) is 10.8. The zero-order valence-corrected chi connectivity index (χ0v) is 10.8. The summed E-state index contributed by atoms with van der Waals surface area (Å²) in [7, 11) is 0. The van der Waals surface area contributed by atoms with Crippen LogP contribution in [-0.4, -0.2) is 25.9 Å². The first-order valence-corrected chi connectivity index (χ1v) is 6.45. The Kier molecular flexibility index (Phi) is 4.34. The third-order valence-electron chi connectivity index (χ3n) is 3.30. The molecule has 2 nitrogen and oxygen atoms in total. The fourth-order valence-corrected chi connectivity index (χ4v) is 2.45. The molecule has 1 aromatic carbocycles. The maximum atomic E-state index is 12.0. The van der Waals surface area contributed by atoms with Crippen LogP contribution in [0.15, 0.2) is 24.3 Å². The van der Waals surface area contributed by atoms with Gasteiger partial charge in [0.05, 0.1) is 13.2 Å². The number of benzene rings is 1. The molecular weight excluding hydrogens is 255 g/mol. The average Bonchev–Trinajstić information content (AvgIpc) is 2.71. The lowest BCUT2D eigenvalue weighted by atomic mass is 9.91. The Morgan fingerprint density at radius 2 is 2.11 bits per heavy atom. The number of rotatable bonds is 5. The van der Waals surface area contributed by atoms with Gasteiger partial charge < -0.3 is 10.1 Å². The van der Waals surface area contributed by atoms with Gasteiger partial charge in [0.25, 0.3) is 0 Å². The molecule has 19 heavy (non-hydrogen) atoms. The molecule has 2 unspecified atom stereocenters. The molecule has 5 heteroatoms. The highest BCUT2D eigenvalue weighted by Gasteiger charge is 2.28. The number of ether oxygens (including phenoxy) is 1. The summed E-state index contributed by atoms with van der Waals surface area (Å²) in [6, 6.07) is 7.85. The largest absolute Gasteiger partial charge is 0.493 e. The maximum absolute atomic E-state index is 12.0. The fraction of sp³-hybridized carbons (Fsp3) is 0.571. The first-order valence-electron chi connectivity index (χ1n) is 6.45. The molecule has 1 heterocycles. The van der Waals surface area contributed by atoms with Gasteiger partial charge in [-0.25, -0.2) is 0 Å². The van der Waals surface area contributed by atoms with Crippen LogP contribution in [0.2, 0.25) is 0 Å². The number of hydrogen-bond acceptors (Lipinski definition) is 2. The summed E-state index contributed by atoms with van der Waals surface area (Å²) in [4.78, 5) is 0. The average molecular weight is 273 g/mol. The SMILES string of the molecule is CC(CNCC(F)(F)F)CC1COc2ccccc21. The predicted molar refractivity (Wildman–Crippen MR) is 67.4 cm³/mol. The molecule has 0 saturated carbocycles. The maximum Gasteiger partial charge on any atom is 0.401 e. The summed E-state index contributed by atoms with van der Waals surface area (Å²) in [5.74, 6) is 1.38. The first-order chi connectivity index (χ1) is 8.96. The molecule has 2 rings (SSSR count). The van der Waals surface area contributed by atoms with Gasteiger partial charge in [0.15, 0.2) is 0 Å². The van der Waals surface area contributed by atoms with Gasteiger partial charge in [-0.2, -0.15) is 13.2 Å². The third-order valence-corrected chi connectivity index (χ3v) is 3.30. The van der Waals surface area contributed by atoms with Gasteiger partial charge in [0.2, 0.25) is 0 Å². The number of halogens is 3. The van der Waals surface area contributed by atoms with Crippen LogP contribution in [0.5, 0.6) is 5.75 Å².